The summed E-state index contributed by atoms with van der Waals surface area (Å²) in [7, 11) is 4.22. The number of nitrogens with two attached hydrogens (primary N) is 1. The molecule has 4 aromatic rings. The van der Waals surface area contributed by atoms with Crippen molar-refractivity contribution in [3.8, 4) is 11.3 Å². The number of nitrogens with zero attached hydrogens (tertiary/aromatic N) is 4. The van der Waals surface area contributed by atoms with Crippen molar-refractivity contribution in [3.63, 3.8) is 0 Å². The summed E-state index contributed by atoms with van der Waals surface area (Å²) in [5.74, 6) is 0.0499. The van der Waals surface area contributed by atoms with Crippen LogP contribution in [0.3, 0.4) is 0 Å². The fourth-order valence-electron chi connectivity index (χ4n) is 4.36. The minimum atomic E-state index is -0.326. The molecule has 0 aliphatic carbocycles. The first-order valence-corrected chi connectivity index (χ1v) is 11.1. The van der Waals surface area contributed by atoms with Crippen LogP contribution in [-0.2, 0) is 0 Å². The molecule has 0 bridgehead atoms. The number of benzene rings is 2. The molecule has 3 heterocycles. The smallest absolute Gasteiger partial charge is 0.227 e. The van der Waals surface area contributed by atoms with Gasteiger partial charge in [0.2, 0.25) is 5.95 Å². The van der Waals surface area contributed by atoms with E-state index in [1.807, 2.05) is 24.3 Å². The third-order valence-electron chi connectivity index (χ3n) is 6.18. The average molecular weight is 466 g/mol. The van der Waals surface area contributed by atoms with Crippen LogP contribution in [0.25, 0.3) is 22.2 Å². The van der Waals surface area contributed by atoms with Crippen molar-refractivity contribution >= 4 is 45.5 Å². The Bertz CT molecular complexity index is 1320. The van der Waals surface area contributed by atoms with Crippen molar-refractivity contribution in [2.75, 3.05) is 43.1 Å². The molecule has 1 aliphatic heterocycles. The van der Waals surface area contributed by atoms with Gasteiger partial charge in [0.15, 0.2) is 0 Å². The van der Waals surface area contributed by atoms with Crippen LogP contribution in [0, 0.1) is 5.82 Å². The Labute approximate surface area is 196 Å². The summed E-state index contributed by atoms with van der Waals surface area (Å²) in [6.07, 6.45) is 4.36. The standard InChI is InChI=1S/C24H25ClFN7/c1-32(2)15-8-9-33(13-15)21-7-6-14(10-20(21)27)30-24-29-12-18(25)22(31-24)17-11-28-23-16(17)4-3-5-19(23)26/h3-7,10-12,15,28H,8-9,13,27H2,1-2H3,(H,29,30,31)/t15-/m1/s1. The first-order valence-electron chi connectivity index (χ1n) is 10.8. The SMILES string of the molecule is CN(C)[C@@H]1CCN(c2ccc(Nc3ncc(Cl)c(-c4c[nH]c5c(F)cccc45)n3)cc2N)C1. The zero-order valence-corrected chi connectivity index (χ0v) is 19.2. The molecule has 4 N–H and O–H groups in total. The lowest BCUT2D eigenvalue weighted by Crippen LogP contribution is -2.31. The van der Waals surface area contributed by atoms with Crippen LogP contribution in [0.15, 0.2) is 48.8 Å². The minimum Gasteiger partial charge on any atom is -0.397 e. The van der Waals surface area contributed by atoms with Gasteiger partial charge in [-0.25, -0.2) is 14.4 Å². The number of fused-ring (bicyclic) bond motifs is 1. The molecule has 0 radical (unpaired) electrons. The van der Waals surface area contributed by atoms with Gasteiger partial charge in [0.05, 0.1) is 33.8 Å². The highest BCUT2D eigenvalue weighted by Crippen LogP contribution is 2.34. The predicted molar refractivity (Wildman–Crippen MR) is 133 cm³/mol. The van der Waals surface area contributed by atoms with E-state index in [-0.39, 0.29) is 5.82 Å². The van der Waals surface area contributed by atoms with Gasteiger partial charge in [0.25, 0.3) is 0 Å². The van der Waals surface area contributed by atoms with Gasteiger partial charge in [-0.2, -0.15) is 0 Å². The number of halogens is 2. The second-order valence-electron chi connectivity index (χ2n) is 8.51. The lowest BCUT2D eigenvalue weighted by atomic mass is 10.1. The molecule has 1 atom stereocenters. The van der Waals surface area contributed by atoms with Gasteiger partial charge in [0, 0.05) is 42.0 Å². The summed E-state index contributed by atoms with van der Waals surface area (Å²) >= 11 is 6.39. The number of rotatable bonds is 5. The quantitative estimate of drug-likeness (QED) is 0.364. The van der Waals surface area contributed by atoms with Gasteiger partial charge in [-0.15, -0.1) is 0 Å². The lowest BCUT2D eigenvalue weighted by molar-refractivity contribution is 0.315. The van der Waals surface area contributed by atoms with Crippen LogP contribution in [-0.4, -0.2) is 53.1 Å². The fourth-order valence-corrected chi connectivity index (χ4v) is 4.55. The Morgan fingerprint density at radius 1 is 1.27 bits per heavy atom. The Morgan fingerprint density at radius 2 is 2.12 bits per heavy atom. The molecule has 9 heteroatoms. The van der Waals surface area contributed by atoms with Crippen molar-refractivity contribution < 1.29 is 4.39 Å². The molecular formula is C24H25ClFN7. The first kappa shape index (κ1) is 21.5. The number of hydrogen-bond donors (Lipinski definition) is 3. The number of H-pyrrole nitrogens is 1. The van der Waals surface area contributed by atoms with Gasteiger partial charge >= 0.3 is 0 Å². The first-order chi connectivity index (χ1) is 15.9. The maximum Gasteiger partial charge on any atom is 0.227 e. The van der Waals surface area contributed by atoms with Crippen LogP contribution in [0.4, 0.5) is 27.4 Å². The number of nitrogens with one attached hydrogen (secondary N) is 2. The highest BCUT2D eigenvalue weighted by atomic mass is 35.5. The van der Waals surface area contributed by atoms with Gasteiger partial charge in [-0.1, -0.05) is 23.7 Å². The van der Waals surface area contributed by atoms with E-state index in [1.54, 1.807) is 12.3 Å². The summed E-state index contributed by atoms with van der Waals surface area (Å²) in [6.45, 7) is 1.94. The third-order valence-corrected chi connectivity index (χ3v) is 6.46. The minimum absolute atomic E-state index is 0.326. The Balaban J connectivity index is 1.40. The van der Waals surface area contributed by atoms with Crippen LogP contribution < -0.4 is 16.0 Å². The number of para-hydroxylation sites is 1. The highest BCUT2D eigenvalue weighted by molar-refractivity contribution is 6.33. The molecule has 2 aromatic heterocycles. The molecular weight excluding hydrogens is 441 g/mol. The molecule has 33 heavy (non-hydrogen) atoms. The van der Waals surface area contributed by atoms with Crippen molar-refractivity contribution in [1.29, 1.82) is 0 Å². The number of aromatic nitrogens is 3. The number of hydrogen-bond acceptors (Lipinski definition) is 6. The lowest BCUT2D eigenvalue weighted by Gasteiger charge is -2.23. The van der Waals surface area contributed by atoms with Crippen molar-refractivity contribution in [1.82, 2.24) is 19.9 Å². The molecule has 1 fully saturated rings. The highest BCUT2D eigenvalue weighted by Gasteiger charge is 2.25. The molecule has 2 aromatic carbocycles. The number of nitrogen functional groups attached to an aromatic ring is 1. The summed E-state index contributed by atoms with van der Waals surface area (Å²) in [6, 6.07) is 11.3. The molecule has 7 nitrogen and oxygen atoms in total. The molecule has 1 saturated heterocycles. The number of aromatic amines is 1. The van der Waals surface area contributed by atoms with Crippen LogP contribution in [0.5, 0.6) is 0 Å². The molecule has 1 aliphatic rings. The van der Waals surface area contributed by atoms with E-state index < -0.39 is 0 Å². The Kier molecular flexibility index (Phi) is 5.55. The van der Waals surface area contributed by atoms with E-state index in [2.05, 4.69) is 44.2 Å². The Morgan fingerprint density at radius 3 is 2.88 bits per heavy atom. The predicted octanol–water partition coefficient (Wildman–Crippen LogP) is 4.88. The zero-order chi connectivity index (χ0) is 23.1. The van der Waals surface area contributed by atoms with Crippen LogP contribution >= 0.6 is 11.6 Å². The van der Waals surface area contributed by atoms with E-state index in [9.17, 15) is 4.39 Å². The maximum absolute atomic E-state index is 14.1. The van der Waals surface area contributed by atoms with Crippen molar-refractivity contribution in [2.45, 2.75) is 12.5 Å². The molecule has 0 saturated carbocycles. The molecule has 170 valence electrons. The number of likely N-dealkylation sites (N-methyl/N-ethyl adjacent to an activating group) is 1. The monoisotopic (exact) mass is 465 g/mol. The molecule has 0 amide bonds. The van der Waals surface area contributed by atoms with E-state index in [0.717, 1.165) is 30.9 Å². The summed E-state index contributed by atoms with van der Waals surface area (Å²) < 4.78 is 14.1. The van der Waals surface area contributed by atoms with E-state index in [0.29, 0.717) is 44.9 Å². The van der Waals surface area contributed by atoms with E-state index in [4.69, 9.17) is 17.3 Å². The van der Waals surface area contributed by atoms with Gasteiger partial charge in [-0.05, 0) is 44.8 Å². The van der Waals surface area contributed by atoms with Crippen LogP contribution in [0.2, 0.25) is 5.02 Å². The van der Waals surface area contributed by atoms with Gasteiger partial charge in [0.1, 0.15) is 5.82 Å². The Hall–Kier alpha value is -3.36. The van der Waals surface area contributed by atoms with Crippen LogP contribution in [0.1, 0.15) is 6.42 Å². The molecule has 5 rings (SSSR count). The van der Waals surface area contributed by atoms with Crippen molar-refractivity contribution in [3.05, 3.63) is 59.6 Å². The maximum atomic E-state index is 14.1. The zero-order valence-electron chi connectivity index (χ0n) is 18.4. The second kappa shape index (κ2) is 8.53. The summed E-state index contributed by atoms with van der Waals surface area (Å²) in [5, 5.41) is 4.29. The second-order valence-corrected chi connectivity index (χ2v) is 8.91. The van der Waals surface area contributed by atoms with Gasteiger partial charge < -0.3 is 25.8 Å². The van der Waals surface area contributed by atoms with Gasteiger partial charge in [-0.3, -0.25) is 0 Å². The summed E-state index contributed by atoms with van der Waals surface area (Å²) in [5.41, 5.74) is 10.5. The fraction of sp³-hybridized carbons (Fsp3) is 0.250. The molecule has 0 unspecified atom stereocenters. The number of anilines is 4. The third kappa shape index (κ3) is 4.07. The normalized spacial score (nSPS) is 16.2. The van der Waals surface area contributed by atoms with E-state index in [1.165, 1.54) is 12.3 Å². The topological polar surface area (TPSA) is 86.1 Å². The largest absolute Gasteiger partial charge is 0.397 e. The van der Waals surface area contributed by atoms with Crippen molar-refractivity contribution in [2.24, 2.45) is 0 Å². The van der Waals surface area contributed by atoms with E-state index >= 15 is 0 Å². The molecule has 0 spiro atoms. The average Bonchev–Trinajstić information content (AvgIpc) is 3.44. The summed E-state index contributed by atoms with van der Waals surface area (Å²) in [4.78, 5) is 16.4.